The molecule has 1 heterocycles. The van der Waals surface area contributed by atoms with Gasteiger partial charge >= 0.3 is 0 Å². The first kappa shape index (κ1) is 6.53. The lowest BCUT2D eigenvalue weighted by Crippen LogP contribution is -1.81. The zero-order chi connectivity index (χ0) is 7.84. The van der Waals surface area contributed by atoms with E-state index in [0.29, 0.717) is 11.5 Å². The topological polar surface area (TPSA) is 33.4 Å². The number of hydrogen-bond donors (Lipinski definition) is 1. The van der Waals surface area contributed by atoms with Crippen LogP contribution in [0.4, 0.5) is 0 Å². The van der Waals surface area contributed by atoms with Gasteiger partial charge in [-0.1, -0.05) is 0 Å². The SMILES string of the molecule is Cc1ccoc1C(O)=C1CC1. The predicted molar refractivity (Wildman–Crippen MR) is 42.2 cm³/mol. The second-order valence-corrected chi connectivity index (χ2v) is 2.88. The summed E-state index contributed by atoms with van der Waals surface area (Å²) in [5, 5.41) is 9.52. The highest BCUT2D eigenvalue weighted by molar-refractivity contribution is 5.63. The molecule has 0 atom stereocenters. The molecular weight excluding hydrogens is 140 g/mol. The Hall–Kier alpha value is -1.18. The standard InChI is InChI=1S/C9H10O2/c1-6-4-5-11-9(6)8(10)7-2-3-7/h4-5,10H,2-3H2,1H3. The lowest BCUT2D eigenvalue weighted by Gasteiger charge is -1.94. The molecule has 0 radical (unpaired) electrons. The van der Waals surface area contributed by atoms with Gasteiger partial charge in [0.2, 0.25) is 0 Å². The van der Waals surface area contributed by atoms with Gasteiger partial charge in [0, 0.05) is 0 Å². The van der Waals surface area contributed by atoms with Crippen molar-refractivity contribution in [3.63, 3.8) is 0 Å². The van der Waals surface area contributed by atoms with Crippen molar-refractivity contribution in [2.24, 2.45) is 0 Å². The molecule has 2 rings (SSSR count). The smallest absolute Gasteiger partial charge is 0.171 e. The average Bonchev–Trinajstić information content (AvgIpc) is 2.74. The summed E-state index contributed by atoms with van der Waals surface area (Å²) in [5.41, 5.74) is 2.12. The van der Waals surface area contributed by atoms with Gasteiger partial charge < -0.3 is 9.52 Å². The summed E-state index contributed by atoms with van der Waals surface area (Å²) >= 11 is 0. The Balaban J connectivity index is 2.43. The molecule has 1 aromatic heterocycles. The van der Waals surface area contributed by atoms with Gasteiger partial charge in [0.05, 0.1) is 6.26 Å². The molecule has 0 unspecified atom stereocenters. The van der Waals surface area contributed by atoms with Crippen LogP contribution in [0.3, 0.4) is 0 Å². The third kappa shape index (κ3) is 1.04. The van der Waals surface area contributed by atoms with Crippen molar-refractivity contribution >= 4 is 5.76 Å². The lowest BCUT2D eigenvalue weighted by atomic mass is 10.2. The molecule has 1 N–H and O–H groups in total. The molecular formula is C9H10O2. The van der Waals surface area contributed by atoms with E-state index in [1.165, 1.54) is 0 Å². The fourth-order valence-corrected chi connectivity index (χ4v) is 1.08. The minimum absolute atomic E-state index is 0.354. The molecule has 2 nitrogen and oxygen atoms in total. The van der Waals surface area contributed by atoms with Crippen LogP contribution in [0.5, 0.6) is 0 Å². The molecule has 0 spiro atoms. The summed E-state index contributed by atoms with van der Waals surface area (Å²) in [5.74, 6) is 0.991. The predicted octanol–water partition coefficient (Wildman–Crippen LogP) is 2.65. The molecule has 2 heteroatoms. The highest BCUT2D eigenvalue weighted by Gasteiger charge is 2.21. The molecule has 0 aromatic carbocycles. The molecule has 1 aliphatic rings. The van der Waals surface area contributed by atoms with Crippen LogP contribution in [0, 0.1) is 6.92 Å². The molecule has 0 saturated heterocycles. The Morgan fingerprint density at radius 2 is 2.27 bits per heavy atom. The molecule has 1 fully saturated rings. The number of furan rings is 1. The van der Waals surface area contributed by atoms with Gasteiger partial charge in [-0.2, -0.15) is 0 Å². The number of aryl methyl sites for hydroxylation is 1. The van der Waals surface area contributed by atoms with Crippen molar-refractivity contribution < 1.29 is 9.52 Å². The van der Waals surface area contributed by atoms with Crippen LogP contribution in [0.15, 0.2) is 22.3 Å². The van der Waals surface area contributed by atoms with Gasteiger partial charge in [-0.15, -0.1) is 0 Å². The van der Waals surface area contributed by atoms with Gasteiger partial charge in [-0.05, 0) is 37.0 Å². The van der Waals surface area contributed by atoms with Crippen LogP contribution in [-0.2, 0) is 0 Å². The van der Waals surface area contributed by atoms with E-state index in [-0.39, 0.29) is 0 Å². The van der Waals surface area contributed by atoms with E-state index in [1.54, 1.807) is 6.26 Å². The lowest BCUT2D eigenvalue weighted by molar-refractivity contribution is 0.456. The molecule has 1 saturated carbocycles. The fraction of sp³-hybridized carbons (Fsp3) is 0.333. The van der Waals surface area contributed by atoms with Crippen LogP contribution in [0.25, 0.3) is 5.76 Å². The highest BCUT2D eigenvalue weighted by atomic mass is 16.4. The maximum absolute atomic E-state index is 9.52. The minimum atomic E-state index is 0.354. The van der Waals surface area contributed by atoms with Crippen molar-refractivity contribution in [3.8, 4) is 0 Å². The molecule has 0 amide bonds. The Morgan fingerprint density at radius 1 is 1.55 bits per heavy atom. The van der Waals surface area contributed by atoms with Crippen LogP contribution in [0.2, 0.25) is 0 Å². The summed E-state index contributed by atoms with van der Waals surface area (Å²) in [7, 11) is 0. The molecule has 1 aromatic rings. The maximum atomic E-state index is 9.52. The largest absolute Gasteiger partial charge is 0.504 e. The Labute approximate surface area is 65.1 Å². The number of rotatable bonds is 1. The number of allylic oxidation sites excluding steroid dienone is 1. The van der Waals surface area contributed by atoms with Gasteiger partial charge in [-0.3, -0.25) is 0 Å². The first-order valence-corrected chi connectivity index (χ1v) is 3.74. The van der Waals surface area contributed by atoms with Crippen molar-refractivity contribution in [1.82, 2.24) is 0 Å². The first-order chi connectivity index (χ1) is 5.29. The highest BCUT2D eigenvalue weighted by Crippen LogP contribution is 2.35. The van der Waals surface area contributed by atoms with Gasteiger partial charge in [-0.25, -0.2) is 0 Å². The third-order valence-corrected chi connectivity index (χ3v) is 1.91. The molecule has 1 aliphatic carbocycles. The maximum Gasteiger partial charge on any atom is 0.171 e. The summed E-state index contributed by atoms with van der Waals surface area (Å²) in [6.45, 7) is 1.93. The summed E-state index contributed by atoms with van der Waals surface area (Å²) in [4.78, 5) is 0. The van der Waals surface area contributed by atoms with Crippen molar-refractivity contribution in [3.05, 3.63) is 29.2 Å². The van der Waals surface area contributed by atoms with Crippen LogP contribution >= 0.6 is 0 Å². The molecule has 0 aliphatic heterocycles. The second kappa shape index (κ2) is 2.16. The van der Waals surface area contributed by atoms with E-state index in [0.717, 1.165) is 24.0 Å². The quantitative estimate of drug-likeness (QED) is 0.624. The molecule has 58 valence electrons. The van der Waals surface area contributed by atoms with Gasteiger partial charge in [0.1, 0.15) is 0 Å². The number of hydrogen-bond acceptors (Lipinski definition) is 2. The van der Waals surface area contributed by atoms with Gasteiger partial charge in [0.15, 0.2) is 11.5 Å². The van der Waals surface area contributed by atoms with Crippen molar-refractivity contribution in [2.45, 2.75) is 19.8 Å². The van der Waals surface area contributed by atoms with E-state index in [9.17, 15) is 5.11 Å². The van der Waals surface area contributed by atoms with Crippen molar-refractivity contribution in [2.75, 3.05) is 0 Å². The van der Waals surface area contributed by atoms with Crippen LogP contribution in [-0.4, -0.2) is 5.11 Å². The summed E-state index contributed by atoms with van der Waals surface area (Å²) < 4.78 is 5.12. The Bertz CT molecular complexity index is 301. The number of aliphatic hydroxyl groups excluding tert-OH is 1. The van der Waals surface area contributed by atoms with E-state index in [2.05, 4.69) is 0 Å². The molecule has 0 bridgehead atoms. The minimum Gasteiger partial charge on any atom is -0.504 e. The second-order valence-electron chi connectivity index (χ2n) is 2.88. The summed E-state index contributed by atoms with van der Waals surface area (Å²) in [6.07, 6.45) is 3.64. The average molecular weight is 150 g/mol. The summed E-state index contributed by atoms with van der Waals surface area (Å²) in [6, 6.07) is 1.86. The third-order valence-electron chi connectivity index (χ3n) is 1.91. The number of aliphatic hydroxyl groups is 1. The van der Waals surface area contributed by atoms with Crippen molar-refractivity contribution in [1.29, 1.82) is 0 Å². The Kier molecular flexibility index (Phi) is 1.28. The first-order valence-electron chi connectivity index (χ1n) is 3.74. The van der Waals surface area contributed by atoms with E-state index < -0.39 is 0 Å². The monoisotopic (exact) mass is 150 g/mol. The van der Waals surface area contributed by atoms with E-state index in [4.69, 9.17) is 4.42 Å². The van der Waals surface area contributed by atoms with Crippen LogP contribution < -0.4 is 0 Å². The normalized spacial score (nSPS) is 15.2. The zero-order valence-electron chi connectivity index (χ0n) is 6.42. The molecule has 11 heavy (non-hydrogen) atoms. The Morgan fingerprint density at radius 3 is 2.73 bits per heavy atom. The van der Waals surface area contributed by atoms with Gasteiger partial charge in [0.25, 0.3) is 0 Å². The van der Waals surface area contributed by atoms with E-state index >= 15 is 0 Å². The van der Waals surface area contributed by atoms with Crippen LogP contribution in [0.1, 0.15) is 24.2 Å². The fourth-order valence-electron chi connectivity index (χ4n) is 1.08. The zero-order valence-corrected chi connectivity index (χ0v) is 6.42. The van der Waals surface area contributed by atoms with E-state index in [1.807, 2.05) is 13.0 Å².